The van der Waals surface area contributed by atoms with E-state index in [1.165, 1.54) is 0 Å². The van der Waals surface area contributed by atoms with Crippen molar-refractivity contribution < 1.29 is 9.84 Å². The monoisotopic (exact) mass is 298 g/mol. The summed E-state index contributed by atoms with van der Waals surface area (Å²) in [6, 6.07) is 8.13. The number of hydrogen-bond donors (Lipinski definition) is 1. The van der Waals surface area contributed by atoms with Gasteiger partial charge in [0.25, 0.3) is 0 Å². The molecule has 4 nitrogen and oxygen atoms in total. The third-order valence-electron chi connectivity index (χ3n) is 4.17. The molecule has 1 aliphatic heterocycles. The zero-order valence-corrected chi connectivity index (χ0v) is 12.9. The Morgan fingerprint density at radius 3 is 2.45 bits per heavy atom. The maximum atomic E-state index is 10.2. The highest BCUT2D eigenvalue weighted by atomic mass is 16.5. The maximum absolute atomic E-state index is 10.2. The molecule has 2 aliphatic rings. The first-order valence-corrected chi connectivity index (χ1v) is 7.65. The van der Waals surface area contributed by atoms with Gasteiger partial charge in [-0.3, -0.25) is 4.90 Å². The molecular formula is C18H22N2O2. The molecule has 0 unspecified atom stereocenters. The zero-order valence-electron chi connectivity index (χ0n) is 12.9. The SMILES string of the molecule is COc1ccccc1N1CCN(CC(O)=C2C=CC=C2)CC1. The Labute approximate surface area is 131 Å². The number of allylic oxidation sites excluding steroid dienone is 5. The van der Waals surface area contributed by atoms with Crippen molar-refractivity contribution in [2.45, 2.75) is 0 Å². The Balaban J connectivity index is 1.60. The number of nitrogens with zero attached hydrogens (tertiary/aromatic N) is 2. The Kier molecular flexibility index (Phi) is 4.49. The molecule has 4 heteroatoms. The van der Waals surface area contributed by atoms with Gasteiger partial charge in [0.1, 0.15) is 11.5 Å². The second kappa shape index (κ2) is 6.71. The number of piperazine rings is 1. The smallest absolute Gasteiger partial charge is 0.142 e. The van der Waals surface area contributed by atoms with Crippen molar-refractivity contribution in [2.24, 2.45) is 0 Å². The third-order valence-corrected chi connectivity index (χ3v) is 4.17. The van der Waals surface area contributed by atoms with Gasteiger partial charge >= 0.3 is 0 Å². The fourth-order valence-corrected chi connectivity index (χ4v) is 2.91. The van der Waals surface area contributed by atoms with E-state index in [0.717, 1.165) is 43.2 Å². The lowest BCUT2D eigenvalue weighted by Crippen LogP contribution is -2.47. The maximum Gasteiger partial charge on any atom is 0.142 e. The fourth-order valence-electron chi connectivity index (χ4n) is 2.91. The Morgan fingerprint density at radius 1 is 1.09 bits per heavy atom. The summed E-state index contributed by atoms with van der Waals surface area (Å²) in [5.74, 6) is 1.37. The van der Waals surface area contributed by atoms with Crippen molar-refractivity contribution in [2.75, 3.05) is 44.7 Å². The van der Waals surface area contributed by atoms with E-state index in [1.807, 2.05) is 42.5 Å². The van der Waals surface area contributed by atoms with Crippen LogP contribution in [0.3, 0.4) is 0 Å². The van der Waals surface area contributed by atoms with Gasteiger partial charge < -0.3 is 14.7 Å². The number of anilines is 1. The standard InChI is InChI=1S/C18H22N2O2/c1-22-18-9-5-4-8-16(18)20-12-10-19(11-13-20)14-17(21)15-6-2-3-7-15/h2-9,21H,10-14H2,1H3. The van der Waals surface area contributed by atoms with Crippen LogP contribution in [0.4, 0.5) is 5.69 Å². The second-order valence-electron chi connectivity index (χ2n) is 5.56. The van der Waals surface area contributed by atoms with Gasteiger partial charge in [-0.2, -0.15) is 0 Å². The predicted octanol–water partition coefficient (Wildman–Crippen LogP) is 2.76. The van der Waals surface area contributed by atoms with Crippen molar-refractivity contribution in [3.05, 3.63) is 59.9 Å². The molecule has 0 amide bonds. The highest BCUT2D eigenvalue weighted by molar-refractivity contribution is 5.58. The van der Waals surface area contributed by atoms with Crippen LogP contribution < -0.4 is 9.64 Å². The Bertz CT molecular complexity index is 597. The molecule has 116 valence electrons. The van der Waals surface area contributed by atoms with Crippen LogP contribution in [0.5, 0.6) is 5.75 Å². The average molecular weight is 298 g/mol. The van der Waals surface area contributed by atoms with Gasteiger partial charge in [-0.1, -0.05) is 36.4 Å². The number of para-hydroxylation sites is 2. The molecule has 0 aromatic heterocycles. The van der Waals surface area contributed by atoms with Gasteiger partial charge in [-0.25, -0.2) is 0 Å². The van der Waals surface area contributed by atoms with Gasteiger partial charge in [0.05, 0.1) is 19.3 Å². The third kappa shape index (κ3) is 3.17. The summed E-state index contributed by atoms with van der Waals surface area (Å²) in [6.07, 6.45) is 7.79. The zero-order chi connectivity index (χ0) is 15.4. The van der Waals surface area contributed by atoms with Crippen LogP contribution in [0.25, 0.3) is 0 Å². The predicted molar refractivity (Wildman–Crippen MR) is 89.6 cm³/mol. The highest BCUT2D eigenvalue weighted by Crippen LogP contribution is 2.28. The van der Waals surface area contributed by atoms with Gasteiger partial charge in [0, 0.05) is 31.8 Å². The van der Waals surface area contributed by atoms with Crippen molar-refractivity contribution in [3.8, 4) is 5.75 Å². The number of aliphatic hydroxyl groups excluding tert-OH is 1. The molecule has 0 saturated carbocycles. The normalized spacial score (nSPS) is 18.0. The number of methoxy groups -OCH3 is 1. The van der Waals surface area contributed by atoms with E-state index >= 15 is 0 Å². The minimum atomic E-state index is 0.454. The molecule has 0 atom stereocenters. The van der Waals surface area contributed by atoms with E-state index in [9.17, 15) is 5.11 Å². The Hall–Kier alpha value is -2.20. The average Bonchev–Trinajstić information content (AvgIpc) is 3.10. The summed E-state index contributed by atoms with van der Waals surface area (Å²) in [5.41, 5.74) is 2.07. The second-order valence-corrected chi connectivity index (χ2v) is 5.56. The van der Waals surface area contributed by atoms with Crippen LogP contribution in [-0.4, -0.2) is 49.8 Å². The molecule has 1 saturated heterocycles. The number of ether oxygens (including phenoxy) is 1. The fraction of sp³-hybridized carbons (Fsp3) is 0.333. The minimum absolute atomic E-state index is 0.454. The summed E-state index contributed by atoms with van der Waals surface area (Å²) in [4.78, 5) is 4.63. The van der Waals surface area contributed by atoms with E-state index in [2.05, 4.69) is 15.9 Å². The summed E-state index contributed by atoms with van der Waals surface area (Å²) in [7, 11) is 1.71. The summed E-state index contributed by atoms with van der Waals surface area (Å²) < 4.78 is 5.44. The van der Waals surface area contributed by atoms with Crippen molar-refractivity contribution >= 4 is 5.69 Å². The molecule has 0 bridgehead atoms. The highest BCUT2D eigenvalue weighted by Gasteiger charge is 2.20. The van der Waals surface area contributed by atoms with E-state index in [4.69, 9.17) is 4.74 Å². The van der Waals surface area contributed by atoms with Crippen molar-refractivity contribution in [1.29, 1.82) is 0 Å². The topological polar surface area (TPSA) is 35.9 Å². The number of aliphatic hydroxyl groups is 1. The van der Waals surface area contributed by atoms with Gasteiger partial charge in [0.15, 0.2) is 0 Å². The first-order chi connectivity index (χ1) is 10.8. The van der Waals surface area contributed by atoms with E-state index in [1.54, 1.807) is 7.11 Å². The quantitative estimate of drug-likeness (QED) is 0.867. The van der Waals surface area contributed by atoms with Crippen molar-refractivity contribution in [3.63, 3.8) is 0 Å². The van der Waals surface area contributed by atoms with Crippen LogP contribution in [0, 0.1) is 0 Å². The molecule has 0 spiro atoms. The molecule has 3 rings (SSSR count). The first kappa shape index (κ1) is 14.7. The van der Waals surface area contributed by atoms with Crippen LogP contribution in [-0.2, 0) is 0 Å². The molecule has 1 fully saturated rings. The van der Waals surface area contributed by atoms with E-state index in [-0.39, 0.29) is 0 Å². The molecule has 1 aromatic rings. The number of benzene rings is 1. The molecule has 22 heavy (non-hydrogen) atoms. The van der Waals surface area contributed by atoms with Crippen LogP contribution >= 0.6 is 0 Å². The Morgan fingerprint density at radius 2 is 1.77 bits per heavy atom. The molecular weight excluding hydrogens is 276 g/mol. The summed E-state index contributed by atoms with van der Waals surface area (Å²) in [6.45, 7) is 4.36. The minimum Gasteiger partial charge on any atom is -0.510 e. The number of hydrogen-bond acceptors (Lipinski definition) is 4. The summed E-state index contributed by atoms with van der Waals surface area (Å²) in [5, 5.41) is 10.2. The largest absolute Gasteiger partial charge is 0.510 e. The van der Waals surface area contributed by atoms with Gasteiger partial charge in [0.2, 0.25) is 0 Å². The molecule has 1 aromatic carbocycles. The van der Waals surface area contributed by atoms with Gasteiger partial charge in [-0.05, 0) is 12.1 Å². The lowest BCUT2D eigenvalue weighted by atomic mass is 10.2. The molecule has 0 radical (unpaired) electrons. The molecule has 1 N–H and O–H groups in total. The summed E-state index contributed by atoms with van der Waals surface area (Å²) >= 11 is 0. The van der Waals surface area contributed by atoms with Crippen LogP contribution in [0.1, 0.15) is 0 Å². The first-order valence-electron chi connectivity index (χ1n) is 7.65. The van der Waals surface area contributed by atoms with Crippen LogP contribution in [0.2, 0.25) is 0 Å². The lowest BCUT2D eigenvalue weighted by molar-refractivity contribution is 0.236. The van der Waals surface area contributed by atoms with Crippen molar-refractivity contribution in [1.82, 2.24) is 4.90 Å². The van der Waals surface area contributed by atoms with E-state index in [0.29, 0.717) is 12.3 Å². The van der Waals surface area contributed by atoms with Crippen LogP contribution in [0.15, 0.2) is 59.9 Å². The lowest BCUT2D eigenvalue weighted by Gasteiger charge is -2.36. The van der Waals surface area contributed by atoms with Gasteiger partial charge in [-0.15, -0.1) is 0 Å². The van der Waals surface area contributed by atoms with E-state index < -0.39 is 0 Å². The molecule has 1 aliphatic carbocycles. The number of rotatable bonds is 4. The molecule has 1 heterocycles.